The highest BCUT2D eigenvalue weighted by molar-refractivity contribution is 5.99. The van der Waals surface area contributed by atoms with E-state index >= 15 is 0 Å². The Labute approximate surface area is 117 Å². The van der Waals surface area contributed by atoms with Crippen LogP contribution in [0.4, 0.5) is 0 Å². The van der Waals surface area contributed by atoms with Crippen LogP contribution in [0.3, 0.4) is 0 Å². The van der Waals surface area contributed by atoms with Crippen molar-refractivity contribution in [1.29, 1.82) is 0 Å². The molecule has 2 heteroatoms. The third-order valence-electron chi connectivity index (χ3n) is 4.41. The molecule has 0 fully saturated rings. The van der Waals surface area contributed by atoms with Crippen LogP contribution in [0.5, 0.6) is 5.75 Å². The minimum Gasteiger partial charge on any atom is -0.507 e. The Bertz CT molecular complexity index is 849. The molecule has 98 valence electrons. The van der Waals surface area contributed by atoms with Crippen molar-refractivity contribution in [3.05, 3.63) is 59.8 Å². The van der Waals surface area contributed by atoms with Crippen LogP contribution in [0.15, 0.2) is 48.7 Å². The van der Waals surface area contributed by atoms with Gasteiger partial charge in [-0.1, -0.05) is 44.2 Å². The van der Waals surface area contributed by atoms with Crippen LogP contribution in [-0.2, 0) is 5.41 Å². The number of rotatable bonds is 0. The van der Waals surface area contributed by atoms with Gasteiger partial charge in [-0.2, -0.15) is 0 Å². The van der Waals surface area contributed by atoms with Crippen molar-refractivity contribution in [2.75, 3.05) is 0 Å². The number of phenolic OH excluding ortho intramolecular Hbond substituents is 1. The molecule has 1 aromatic heterocycles. The second kappa shape index (κ2) is 3.60. The van der Waals surface area contributed by atoms with Crippen LogP contribution in [-0.4, -0.2) is 10.1 Å². The Hall–Kier alpha value is -2.35. The highest BCUT2D eigenvalue weighted by atomic mass is 16.3. The molecule has 0 spiro atoms. The second-order valence-corrected chi connectivity index (χ2v) is 5.89. The van der Waals surface area contributed by atoms with Crippen LogP contribution >= 0.6 is 0 Å². The van der Waals surface area contributed by atoms with E-state index in [0.717, 1.165) is 27.6 Å². The van der Waals surface area contributed by atoms with Gasteiger partial charge in [-0.25, -0.2) is 0 Å². The first-order valence-electron chi connectivity index (χ1n) is 6.82. The van der Waals surface area contributed by atoms with Crippen LogP contribution in [0, 0.1) is 0 Å². The van der Waals surface area contributed by atoms with Crippen molar-refractivity contribution in [1.82, 2.24) is 4.98 Å². The number of fused-ring (bicyclic) bond motifs is 4. The van der Waals surface area contributed by atoms with Crippen LogP contribution in [0.25, 0.3) is 22.0 Å². The highest BCUT2D eigenvalue weighted by Crippen LogP contribution is 2.52. The predicted octanol–water partition coefficient (Wildman–Crippen LogP) is 4.25. The number of aromatic hydroxyl groups is 1. The first-order chi connectivity index (χ1) is 9.60. The first-order valence-corrected chi connectivity index (χ1v) is 6.82. The Morgan fingerprint density at radius 2 is 1.80 bits per heavy atom. The fourth-order valence-corrected chi connectivity index (χ4v) is 3.32. The van der Waals surface area contributed by atoms with E-state index in [1.54, 1.807) is 6.20 Å². The largest absolute Gasteiger partial charge is 0.507 e. The number of aromatic nitrogens is 1. The highest BCUT2D eigenvalue weighted by Gasteiger charge is 2.38. The normalized spacial score (nSPS) is 15.1. The van der Waals surface area contributed by atoms with E-state index in [2.05, 4.69) is 31.0 Å². The molecule has 1 aliphatic carbocycles. The van der Waals surface area contributed by atoms with Gasteiger partial charge >= 0.3 is 0 Å². The number of benzene rings is 2. The van der Waals surface area contributed by atoms with Crippen molar-refractivity contribution in [2.24, 2.45) is 0 Å². The maximum Gasteiger partial charge on any atom is 0.133 e. The van der Waals surface area contributed by atoms with E-state index in [1.165, 1.54) is 5.56 Å². The van der Waals surface area contributed by atoms with Crippen LogP contribution < -0.4 is 0 Å². The van der Waals surface area contributed by atoms with Crippen molar-refractivity contribution in [2.45, 2.75) is 19.3 Å². The summed E-state index contributed by atoms with van der Waals surface area (Å²) in [5.41, 5.74) is 4.02. The zero-order valence-electron chi connectivity index (χ0n) is 11.5. The smallest absolute Gasteiger partial charge is 0.133 e. The molecule has 1 N–H and O–H groups in total. The summed E-state index contributed by atoms with van der Waals surface area (Å²) in [4.78, 5) is 4.50. The van der Waals surface area contributed by atoms with E-state index in [1.807, 2.05) is 30.3 Å². The summed E-state index contributed by atoms with van der Waals surface area (Å²) in [5, 5.41) is 12.7. The zero-order valence-corrected chi connectivity index (χ0v) is 11.5. The molecule has 0 saturated carbocycles. The van der Waals surface area contributed by atoms with Crippen LogP contribution in [0.2, 0.25) is 0 Å². The molecule has 3 aromatic rings. The molecule has 1 heterocycles. The topological polar surface area (TPSA) is 33.1 Å². The van der Waals surface area contributed by atoms with Crippen molar-refractivity contribution in [3.8, 4) is 17.0 Å². The Morgan fingerprint density at radius 3 is 2.65 bits per heavy atom. The van der Waals surface area contributed by atoms with Gasteiger partial charge in [0, 0.05) is 22.6 Å². The number of nitrogens with zero attached hydrogens (tertiary/aromatic N) is 1. The fraction of sp³-hybridized carbons (Fsp3) is 0.167. The molecule has 20 heavy (non-hydrogen) atoms. The molecule has 0 atom stereocenters. The van der Waals surface area contributed by atoms with Gasteiger partial charge in [0.25, 0.3) is 0 Å². The van der Waals surface area contributed by atoms with Gasteiger partial charge in [-0.05, 0) is 28.6 Å². The quantitative estimate of drug-likeness (QED) is 0.656. The molecule has 1 aliphatic rings. The third-order valence-corrected chi connectivity index (χ3v) is 4.41. The van der Waals surface area contributed by atoms with Gasteiger partial charge in [-0.15, -0.1) is 0 Å². The van der Waals surface area contributed by atoms with Gasteiger partial charge in [0.1, 0.15) is 5.75 Å². The van der Waals surface area contributed by atoms with Crippen molar-refractivity contribution >= 4 is 10.8 Å². The molecule has 2 nitrogen and oxygen atoms in total. The average molecular weight is 261 g/mol. The lowest BCUT2D eigenvalue weighted by Gasteiger charge is -2.21. The molecule has 0 radical (unpaired) electrons. The standard InChI is InChI=1S/C18H15NO/c1-18(2)13-8-5-9-19-16(13)15-14(18)10-11-6-3-4-7-12(11)17(15)20/h3-10,20H,1-2H3. The minimum atomic E-state index is -0.125. The third kappa shape index (κ3) is 1.26. The lowest BCUT2D eigenvalue weighted by atomic mass is 9.82. The van der Waals surface area contributed by atoms with E-state index in [0.29, 0.717) is 5.75 Å². The van der Waals surface area contributed by atoms with Gasteiger partial charge < -0.3 is 5.11 Å². The summed E-state index contributed by atoms with van der Waals surface area (Å²) in [6.45, 7) is 4.38. The van der Waals surface area contributed by atoms with Crippen molar-refractivity contribution < 1.29 is 5.11 Å². The molecule has 0 saturated heterocycles. The second-order valence-electron chi connectivity index (χ2n) is 5.89. The predicted molar refractivity (Wildman–Crippen MR) is 81.0 cm³/mol. The zero-order chi connectivity index (χ0) is 13.9. The Balaban J connectivity index is 2.21. The Morgan fingerprint density at radius 1 is 1.00 bits per heavy atom. The molecule has 2 aromatic carbocycles. The lowest BCUT2D eigenvalue weighted by molar-refractivity contribution is 0.482. The lowest BCUT2D eigenvalue weighted by Crippen LogP contribution is -2.14. The monoisotopic (exact) mass is 261 g/mol. The maximum atomic E-state index is 10.7. The summed E-state index contributed by atoms with van der Waals surface area (Å²) in [5.74, 6) is 0.351. The average Bonchev–Trinajstić information content (AvgIpc) is 2.69. The summed E-state index contributed by atoms with van der Waals surface area (Å²) < 4.78 is 0. The first kappa shape index (κ1) is 11.5. The van der Waals surface area contributed by atoms with Crippen LogP contribution in [0.1, 0.15) is 25.0 Å². The maximum absolute atomic E-state index is 10.7. The van der Waals surface area contributed by atoms with Gasteiger partial charge in [0.2, 0.25) is 0 Å². The number of phenols is 1. The molecule has 0 amide bonds. The minimum absolute atomic E-state index is 0.125. The fourth-order valence-electron chi connectivity index (χ4n) is 3.32. The molecule has 0 unspecified atom stereocenters. The molecular weight excluding hydrogens is 246 g/mol. The summed E-state index contributed by atoms with van der Waals surface area (Å²) >= 11 is 0. The van der Waals surface area contributed by atoms with Gasteiger partial charge in [0.15, 0.2) is 0 Å². The summed E-state index contributed by atoms with van der Waals surface area (Å²) in [6.07, 6.45) is 1.79. The number of hydrogen-bond acceptors (Lipinski definition) is 2. The molecule has 0 bridgehead atoms. The number of pyridine rings is 1. The van der Waals surface area contributed by atoms with Gasteiger partial charge in [0.05, 0.1) is 5.69 Å². The molecule has 4 rings (SSSR count). The Kier molecular flexibility index (Phi) is 2.07. The van der Waals surface area contributed by atoms with Gasteiger partial charge in [-0.3, -0.25) is 4.98 Å². The molecular formula is C18H15NO. The summed E-state index contributed by atoms with van der Waals surface area (Å²) in [7, 11) is 0. The van der Waals surface area contributed by atoms with E-state index in [-0.39, 0.29) is 5.41 Å². The summed E-state index contributed by atoms with van der Waals surface area (Å²) in [6, 6.07) is 14.2. The van der Waals surface area contributed by atoms with Crippen molar-refractivity contribution in [3.63, 3.8) is 0 Å². The van der Waals surface area contributed by atoms with E-state index in [9.17, 15) is 5.11 Å². The SMILES string of the molecule is CC1(C)c2cccnc2-c2c1cc1ccccc1c2O. The van der Waals surface area contributed by atoms with E-state index < -0.39 is 0 Å². The number of hydrogen-bond donors (Lipinski definition) is 1. The van der Waals surface area contributed by atoms with E-state index in [4.69, 9.17) is 0 Å². The molecule has 0 aliphatic heterocycles.